The highest BCUT2D eigenvalue weighted by Crippen LogP contribution is 2.33. The molecule has 1 heterocycles. The number of nitrogens with one attached hydrogen (secondary N) is 1. The molecular weight excluding hydrogens is 488 g/mol. The van der Waals surface area contributed by atoms with E-state index in [0.29, 0.717) is 54.0 Å². The summed E-state index contributed by atoms with van der Waals surface area (Å²) in [6, 6.07) is 20.5. The second-order valence-corrected chi connectivity index (χ2v) is 10.5. The Morgan fingerprint density at radius 1 is 1.06 bits per heavy atom. The van der Waals surface area contributed by atoms with Gasteiger partial charge in [-0.15, -0.1) is 0 Å². The number of hydrogen-bond donors (Lipinski definition) is 1. The minimum Gasteiger partial charge on any atom is -0.494 e. The highest BCUT2D eigenvalue weighted by atomic mass is 35.5. The van der Waals surface area contributed by atoms with E-state index in [0.717, 1.165) is 0 Å². The molecule has 1 saturated heterocycles. The zero-order chi connectivity index (χ0) is 24.8. The van der Waals surface area contributed by atoms with Crippen molar-refractivity contribution in [3.63, 3.8) is 0 Å². The molecule has 0 unspecified atom stereocenters. The van der Waals surface area contributed by atoms with Gasteiger partial charge in [0.2, 0.25) is 15.9 Å². The van der Waals surface area contributed by atoms with Crippen LogP contribution in [0.1, 0.15) is 19.8 Å². The number of hydrogen-bond acceptors (Lipinski definition) is 5. The molecule has 7 nitrogen and oxygen atoms in total. The number of halogens is 1. The molecule has 1 fully saturated rings. The molecule has 3 aromatic rings. The summed E-state index contributed by atoms with van der Waals surface area (Å²) in [4.78, 5) is 13.3. The molecule has 35 heavy (non-hydrogen) atoms. The molecule has 1 N–H and O–H groups in total. The van der Waals surface area contributed by atoms with E-state index in [2.05, 4.69) is 5.32 Å². The van der Waals surface area contributed by atoms with Crippen LogP contribution in [-0.2, 0) is 14.8 Å². The molecule has 184 valence electrons. The summed E-state index contributed by atoms with van der Waals surface area (Å²) >= 11 is 6.17. The second-order valence-electron chi connectivity index (χ2n) is 8.15. The number of anilines is 1. The molecule has 1 aliphatic heterocycles. The van der Waals surface area contributed by atoms with Gasteiger partial charge in [0.15, 0.2) is 5.75 Å². The number of amides is 1. The van der Waals surface area contributed by atoms with Gasteiger partial charge in [0.05, 0.1) is 23.1 Å². The van der Waals surface area contributed by atoms with Gasteiger partial charge in [0, 0.05) is 18.1 Å². The monoisotopic (exact) mass is 514 g/mol. The molecule has 4 rings (SSSR count). The fourth-order valence-electron chi connectivity index (χ4n) is 3.94. The maximum Gasteiger partial charge on any atom is 0.243 e. The first-order valence-electron chi connectivity index (χ1n) is 11.4. The molecule has 3 aromatic carbocycles. The van der Waals surface area contributed by atoms with Crippen molar-refractivity contribution in [3.05, 3.63) is 77.8 Å². The summed E-state index contributed by atoms with van der Waals surface area (Å²) in [6.45, 7) is 2.82. The third-order valence-electron chi connectivity index (χ3n) is 5.70. The van der Waals surface area contributed by atoms with Crippen molar-refractivity contribution in [1.29, 1.82) is 0 Å². The van der Waals surface area contributed by atoms with Gasteiger partial charge in [-0.2, -0.15) is 4.31 Å². The lowest BCUT2D eigenvalue weighted by Gasteiger charge is -2.31. The summed E-state index contributed by atoms with van der Waals surface area (Å²) in [5.74, 6) is 0.887. The van der Waals surface area contributed by atoms with Crippen LogP contribution in [0.5, 0.6) is 17.2 Å². The van der Waals surface area contributed by atoms with Crippen LogP contribution < -0.4 is 14.8 Å². The van der Waals surface area contributed by atoms with Crippen LogP contribution in [0, 0.1) is 5.92 Å². The molecule has 1 atom stereocenters. The Hall–Kier alpha value is -3.07. The van der Waals surface area contributed by atoms with E-state index in [4.69, 9.17) is 21.1 Å². The van der Waals surface area contributed by atoms with Gasteiger partial charge in [-0.3, -0.25) is 4.79 Å². The minimum absolute atomic E-state index is 0.0941. The summed E-state index contributed by atoms with van der Waals surface area (Å²) < 4.78 is 39.1. The average Bonchev–Trinajstić information content (AvgIpc) is 2.87. The van der Waals surface area contributed by atoms with Crippen LogP contribution in [0.2, 0.25) is 5.02 Å². The molecule has 1 aliphatic rings. The molecule has 0 spiro atoms. The SMILES string of the molecule is CCOc1ccc(S(=O)(=O)N2CCC[C@H](C(=O)Nc3cc(Cl)ccc3Oc3ccccc3)C2)cc1. The predicted molar refractivity (Wildman–Crippen MR) is 136 cm³/mol. The van der Waals surface area contributed by atoms with E-state index in [-0.39, 0.29) is 17.3 Å². The topological polar surface area (TPSA) is 84.9 Å². The Labute approximate surface area is 210 Å². The van der Waals surface area contributed by atoms with Crippen molar-refractivity contribution >= 4 is 33.2 Å². The normalized spacial score (nSPS) is 16.5. The maximum absolute atomic E-state index is 13.2. The van der Waals surface area contributed by atoms with Crippen LogP contribution >= 0.6 is 11.6 Å². The fourth-order valence-corrected chi connectivity index (χ4v) is 5.63. The molecule has 0 bridgehead atoms. The smallest absolute Gasteiger partial charge is 0.243 e. The quantitative estimate of drug-likeness (QED) is 0.424. The molecule has 0 saturated carbocycles. The van der Waals surface area contributed by atoms with E-state index in [1.165, 1.54) is 16.4 Å². The van der Waals surface area contributed by atoms with Crippen LogP contribution in [0.4, 0.5) is 5.69 Å². The number of rotatable bonds is 8. The summed E-state index contributed by atoms with van der Waals surface area (Å²) in [6.07, 6.45) is 1.16. The molecule has 1 amide bonds. The highest BCUT2D eigenvalue weighted by Gasteiger charge is 2.33. The number of nitrogens with zero attached hydrogens (tertiary/aromatic N) is 1. The standard InChI is InChI=1S/C26H27ClN2O5S/c1-2-33-21-11-13-23(14-12-21)35(31,32)29-16-6-7-19(18-29)26(30)28-24-17-20(27)10-15-25(24)34-22-8-4-3-5-9-22/h3-5,8-15,17,19H,2,6-7,16,18H2,1H3,(H,28,30)/t19-/m0/s1. The first-order chi connectivity index (χ1) is 16.9. The van der Waals surface area contributed by atoms with Gasteiger partial charge in [0.1, 0.15) is 11.5 Å². The highest BCUT2D eigenvalue weighted by molar-refractivity contribution is 7.89. The van der Waals surface area contributed by atoms with Crippen LogP contribution in [0.3, 0.4) is 0 Å². The Morgan fingerprint density at radius 3 is 2.51 bits per heavy atom. The Kier molecular flexibility index (Phi) is 7.95. The number of piperidine rings is 1. The van der Waals surface area contributed by atoms with Gasteiger partial charge in [-0.25, -0.2) is 8.42 Å². The number of para-hydroxylation sites is 1. The molecule has 0 aromatic heterocycles. The van der Waals surface area contributed by atoms with Crippen molar-refractivity contribution < 1.29 is 22.7 Å². The second kappa shape index (κ2) is 11.1. The van der Waals surface area contributed by atoms with Gasteiger partial charge >= 0.3 is 0 Å². The van der Waals surface area contributed by atoms with Gasteiger partial charge < -0.3 is 14.8 Å². The van der Waals surface area contributed by atoms with E-state index in [9.17, 15) is 13.2 Å². The number of carbonyl (C=O) groups is 1. The van der Waals surface area contributed by atoms with E-state index in [1.54, 1.807) is 30.3 Å². The van der Waals surface area contributed by atoms with Crippen LogP contribution in [0.25, 0.3) is 0 Å². The molecule has 9 heteroatoms. The molecule has 0 aliphatic carbocycles. The van der Waals surface area contributed by atoms with Crippen molar-refractivity contribution in [3.8, 4) is 17.2 Å². The lowest BCUT2D eigenvalue weighted by Crippen LogP contribution is -2.43. The summed E-state index contributed by atoms with van der Waals surface area (Å²) in [7, 11) is -3.74. The van der Waals surface area contributed by atoms with Gasteiger partial charge in [0.25, 0.3) is 0 Å². The Balaban J connectivity index is 1.47. The van der Waals surface area contributed by atoms with Gasteiger partial charge in [-0.05, 0) is 74.4 Å². The fraction of sp³-hybridized carbons (Fsp3) is 0.269. The average molecular weight is 515 g/mol. The van der Waals surface area contributed by atoms with E-state index in [1.807, 2.05) is 37.3 Å². The maximum atomic E-state index is 13.2. The largest absolute Gasteiger partial charge is 0.494 e. The summed E-state index contributed by atoms with van der Waals surface area (Å²) in [5.41, 5.74) is 0.429. The van der Waals surface area contributed by atoms with Crippen molar-refractivity contribution in [2.24, 2.45) is 5.92 Å². The predicted octanol–water partition coefficient (Wildman–Crippen LogP) is 5.57. The first kappa shape index (κ1) is 25.0. The Bertz CT molecular complexity index is 1270. The van der Waals surface area contributed by atoms with Crippen molar-refractivity contribution in [1.82, 2.24) is 4.31 Å². The van der Waals surface area contributed by atoms with E-state index >= 15 is 0 Å². The first-order valence-corrected chi connectivity index (χ1v) is 13.2. The van der Waals surface area contributed by atoms with E-state index < -0.39 is 15.9 Å². The third kappa shape index (κ3) is 6.14. The Morgan fingerprint density at radius 2 is 1.80 bits per heavy atom. The molecular formula is C26H27ClN2O5S. The summed E-state index contributed by atoms with van der Waals surface area (Å²) in [5, 5.41) is 3.34. The lowest BCUT2D eigenvalue weighted by atomic mass is 9.98. The van der Waals surface area contributed by atoms with Gasteiger partial charge in [-0.1, -0.05) is 29.8 Å². The number of benzene rings is 3. The minimum atomic E-state index is -3.74. The zero-order valence-electron chi connectivity index (χ0n) is 19.3. The third-order valence-corrected chi connectivity index (χ3v) is 7.81. The van der Waals surface area contributed by atoms with Crippen LogP contribution in [0.15, 0.2) is 77.7 Å². The number of ether oxygens (including phenoxy) is 2. The lowest BCUT2D eigenvalue weighted by molar-refractivity contribution is -0.120. The van der Waals surface area contributed by atoms with Crippen molar-refractivity contribution in [2.75, 3.05) is 25.0 Å². The molecule has 0 radical (unpaired) electrons. The van der Waals surface area contributed by atoms with Crippen molar-refractivity contribution in [2.45, 2.75) is 24.7 Å². The number of carbonyl (C=O) groups excluding carboxylic acids is 1. The zero-order valence-corrected chi connectivity index (χ0v) is 20.9. The van der Waals surface area contributed by atoms with Crippen LogP contribution in [-0.4, -0.2) is 38.3 Å². The number of sulfonamides is 1.